The highest BCUT2D eigenvalue weighted by Crippen LogP contribution is 2.01. The van der Waals surface area contributed by atoms with Crippen LogP contribution in [0.25, 0.3) is 0 Å². The molecule has 0 aliphatic carbocycles. The van der Waals surface area contributed by atoms with E-state index in [1.165, 1.54) is 0 Å². The van der Waals surface area contributed by atoms with Gasteiger partial charge in [-0.3, -0.25) is 0 Å². The average molecular weight is 262 g/mol. The molecule has 0 aromatic rings. The molecule has 0 saturated heterocycles. The van der Waals surface area contributed by atoms with Crippen molar-refractivity contribution in [1.82, 2.24) is 10.6 Å². The molecule has 0 heterocycles. The third-order valence-corrected chi connectivity index (χ3v) is 3.08. The molecule has 3 N–H and O–H groups in total. The third kappa shape index (κ3) is 7.90. The number of amides is 2. The number of aliphatic carboxylic acids is 1. The van der Waals surface area contributed by atoms with Crippen LogP contribution in [0.5, 0.6) is 0 Å². The van der Waals surface area contributed by atoms with Gasteiger partial charge in [-0.05, 0) is 19.6 Å². The Morgan fingerprint density at radius 3 is 2.47 bits per heavy atom. The molecule has 0 rings (SSSR count). The minimum atomic E-state index is -0.980. The number of unbranched alkanes of at least 4 members (excludes halogenated alkanes) is 1. The number of carbonyl (C=O) groups is 2. The van der Waals surface area contributed by atoms with Gasteiger partial charge in [0.2, 0.25) is 0 Å². The maximum atomic E-state index is 11.5. The molecule has 100 valence electrons. The fourth-order valence-corrected chi connectivity index (χ4v) is 1.96. The standard InChI is InChI=1S/C11H22N2O3S/c1-4-5-6-9(10(14)15)13-11(16)12-8(2)7-17-3/h8-9H,4-7H2,1-3H3,(H,14,15)(H2,12,13,16)/t8?,9-/m0/s1. The van der Waals surface area contributed by atoms with Gasteiger partial charge in [-0.15, -0.1) is 0 Å². The zero-order valence-corrected chi connectivity index (χ0v) is 11.5. The molecule has 0 bridgehead atoms. The summed E-state index contributed by atoms with van der Waals surface area (Å²) < 4.78 is 0. The fraction of sp³-hybridized carbons (Fsp3) is 0.818. The van der Waals surface area contributed by atoms with Crippen molar-refractivity contribution in [2.75, 3.05) is 12.0 Å². The Hall–Kier alpha value is -0.910. The van der Waals surface area contributed by atoms with Crippen molar-refractivity contribution in [2.24, 2.45) is 0 Å². The first-order valence-corrected chi connectivity index (χ1v) is 7.19. The van der Waals surface area contributed by atoms with Gasteiger partial charge in [0.25, 0.3) is 0 Å². The number of nitrogens with one attached hydrogen (secondary N) is 2. The Morgan fingerprint density at radius 2 is 2.00 bits per heavy atom. The highest BCUT2D eigenvalue weighted by Gasteiger charge is 2.19. The molecule has 0 spiro atoms. The van der Waals surface area contributed by atoms with Crippen molar-refractivity contribution in [3.8, 4) is 0 Å². The molecule has 6 heteroatoms. The molecule has 0 aromatic heterocycles. The van der Waals surface area contributed by atoms with E-state index in [0.717, 1.165) is 18.6 Å². The van der Waals surface area contributed by atoms with Gasteiger partial charge in [-0.1, -0.05) is 19.8 Å². The predicted octanol–water partition coefficient (Wildman–Crippen LogP) is 1.68. The molecule has 0 saturated carbocycles. The van der Waals surface area contributed by atoms with Crippen LogP contribution >= 0.6 is 11.8 Å². The summed E-state index contributed by atoms with van der Waals surface area (Å²) in [5, 5.41) is 14.1. The van der Waals surface area contributed by atoms with E-state index in [0.29, 0.717) is 6.42 Å². The van der Waals surface area contributed by atoms with Gasteiger partial charge in [0, 0.05) is 11.8 Å². The Bertz CT molecular complexity index is 249. The molecular formula is C11H22N2O3S. The van der Waals surface area contributed by atoms with Gasteiger partial charge in [-0.2, -0.15) is 11.8 Å². The van der Waals surface area contributed by atoms with Gasteiger partial charge < -0.3 is 15.7 Å². The maximum Gasteiger partial charge on any atom is 0.326 e. The Morgan fingerprint density at radius 1 is 1.35 bits per heavy atom. The number of urea groups is 1. The van der Waals surface area contributed by atoms with E-state index in [1.54, 1.807) is 11.8 Å². The number of carbonyl (C=O) groups excluding carboxylic acids is 1. The molecule has 1 unspecified atom stereocenters. The largest absolute Gasteiger partial charge is 0.480 e. The smallest absolute Gasteiger partial charge is 0.326 e. The lowest BCUT2D eigenvalue weighted by molar-refractivity contribution is -0.139. The monoisotopic (exact) mass is 262 g/mol. The van der Waals surface area contributed by atoms with E-state index in [-0.39, 0.29) is 6.04 Å². The highest BCUT2D eigenvalue weighted by atomic mass is 32.2. The molecule has 5 nitrogen and oxygen atoms in total. The Kier molecular flexibility index (Phi) is 8.66. The summed E-state index contributed by atoms with van der Waals surface area (Å²) in [4.78, 5) is 22.4. The van der Waals surface area contributed by atoms with Crippen LogP contribution in [0.4, 0.5) is 4.79 Å². The topological polar surface area (TPSA) is 78.4 Å². The summed E-state index contributed by atoms with van der Waals surface area (Å²) in [6, 6.07) is -1.17. The first-order valence-electron chi connectivity index (χ1n) is 5.80. The van der Waals surface area contributed by atoms with Crippen molar-refractivity contribution in [3.05, 3.63) is 0 Å². The minimum Gasteiger partial charge on any atom is -0.480 e. The van der Waals surface area contributed by atoms with Crippen LogP contribution in [0.2, 0.25) is 0 Å². The number of carboxylic acids is 1. The first-order chi connectivity index (χ1) is 8.01. The quantitative estimate of drug-likeness (QED) is 0.622. The van der Waals surface area contributed by atoms with E-state index in [2.05, 4.69) is 10.6 Å². The molecule has 2 atom stereocenters. The van der Waals surface area contributed by atoms with Crippen LogP contribution in [0.1, 0.15) is 33.1 Å². The van der Waals surface area contributed by atoms with E-state index < -0.39 is 18.0 Å². The summed E-state index contributed by atoms with van der Waals surface area (Å²) in [7, 11) is 0. The second-order valence-corrected chi connectivity index (χ2v) is 4.92. The van der Waals surface area contributed by atoms with E-state index in [1.807, 2.05) is 20.1 Å². The van der Waals surface area contributed by atoms with E-state index >= 15 is 0 Å². The van der Waals surface area contributed by atoms with Gasteiger partial charge >= 0.3 is 12.0 Å². The van der Waals surface area contributed by atoms with Crippen LogP contribution < -0.4 is 10.6 Å². The zero-order valence-electron chi connectivity index (χ0n) is 10.7. The Labute approximate surface area is 107 Å². The van der Waals surface area contributed by atoms with Gasteiger partial charge in [0.1, 0.15) is 6.04 Å². The molecule has 0 aromatic carbocycles. The molecular weight excluding hydrogens is 240 g/mol. The molecule has 0 aliphatic heterocycles. The zero-order chi connectivity index (χ0) is 13.3. The number of rotatable bonds is 8. The van der Waals surface area contributed by atoms with Gasteiger partial charge in [0.15, 0.2) is 0 Å². The first kappa shape index (κ1) is 16.1. The number of thioether (sulfide) groups is 1. The number of carboxylic acid groups (broad SMARTS) is 1. The van der Waals surface area contributed by atoms with Gasteiger partial charge in [0.05, 0.1) is 0 Å². The summed E-state index contributed by atoms with van der Waals surface area (Å²) in [6.45, 7) is 3.87. The van der Waals surface area contributed by atoms with Crippen LogP contribution in [0.15, 0.2) is 0 Å². The predicted molar refractivity (Wildman–Crippen MR) is 70.5 cm³/mol. The normalized spacial score (nSPS) is 13.8. The lowest BCUT2D eigenvalue weighted by atomic mass is 10.1. The molecule has 17 heavy (non-hydrogen) atoms. The van der Waals surface area contributed by atoms with Crippen molar-refractivity contribution in [2.45, 2.75) is 45.2 Å². The van der Waals surface area contributed by atoms with E-state index in [4.69, 9.17) is 5.11 Å². The second-order valence-electron chi connectivity index (χ2n) is 4.01. The Balaban J connectivity index is 4.07. The highest BCUT2D eigenvalue weighted by molar-refractivity contribution is 7.98. The van der Waals surface area contributed by atoms with Crippen molar-refractivity contribution < 1.29 is 14.7 Å². The number of hydrogen-bond acceptors (Lipinski definition) is 3. The molecule has 2 amide bonds. The fourth-order valence-electron chi connectivity index (χ4n) is 1.38. The van der Waals surface area contributed by atoms with Crippen LogP contribution in [0.3, 0.4) is 0 Å². The number of hydrogen-bond donors (Lipinski definition) is 3. The summed E-state index contributed by atoms with van der Waals surface area (Å²) >= 11 is 1.63. The SMILES string of the molecule is CCCC[C@H](NC(=O)NC(C)CSC)C(=O)O. The van der Waals surface area contributed by atoms with E-state index in [9.17, 15) is 9.59 Å². The van der Waals surface area contributed by atoms with Crippen molar-refractivity contribution >= 4 is 23.8 Å². The summed E-state index contributed by atoms with van der Waals surface area (Å²) in [5.74, 6) is -0.175. The lowest BCUT2D eigenvalue weighted by Gasteiger charge is -2.17. The van der Waals surface area contributed by atoms with Crippen molar-refractivity contribution in [3.63, 3.8) is 0 Å². The lowest BCUT2D eigenvalue weighted by Crippen LogP contribution is -2.48. The van der Waals surface area contributed by atoms with Crippen LogP contribution in [0, 0.1) is 0 Å². The molecule has 0 radical (unpaired) electrons. The van der Waals surface area contributed by atoms with Crippen molar-refractivity contribution in [1.29, 1.82) is 0 Å². The second kappa shape index (κ2) is 9.15. The average Bonchev–Trinajstić information content (AvgIpc) is 2.23. The van der Waals surface area contributed by atoms with Gasteiger partial charge in [-0.25, -0.2) is 9.59 Å². The minimum absolute atomic E-state index is 0.0330. The maximum absolute atomic E-state index is 11.5. The van der Waals surface area contributed by atoms with Crippen LogP contribution in [-0.4, -0.2) is 41.2 Å². The van der Waals surface area contributed by atoms with Crippen LogP contribution in [-0.2, 0) is 4.79 Å². The molecule has 0 aliphatic rings. The summed E-state index contributed by atoms with van der Waals surface area (Å²) in [6.07, 6.45) is 4.13. The third-order valence-electron chi connectivity index (χ3n) is 2.24. The summed E-state index contributed by atoms with van der Waals surface area (Å²) in [5.41, 5.74) is 0. The molecule has 0 fully saturated rings.